The molecule has 1 fully saturated rings. The van der Waals surface area contributed by atoms with E-state index in [0.717, 1.165) is 11.8 Å². The largest absolute Gasteiger partial charge is 0.480 e. The Bertz CT molecular complexity index is 784. The Morgan fingerprint density at radius 2 is 1.72 bits per heavy atom. The lowest BCUT2D eigenvalue weighted by atomic mass is 9.99. The van der Waals surface area contributed by atoms with Gasteiger partial charge in [-0.1, -0.05) is 0 Å². The summed E-state index contributed by atoms with van der Waals surface area (Å²) in [6.07, 6.45) is -8.18. The number of nitrogens with two attached hydrogens (primary N) is 1. The number of aliphatic hydroxyl groups excluding tert-OH is 4. The lowest BCUT2D eigenvalue weighted by molar-refractivity contribution is -0.299. The highest BCUT2D eigenvalue weighted by Crippen LogP contribution is 2.22. The molecule has 0 bridgehead atoms. The summed E-state index contributed by atoms with van der Waals surface area (Å²) < 4.78 is 10.2. The van der Waals surface area contributed by atoms with E-state index in [0.29, 0.717) is 0 Å². The predicted octanol–water partition coefficient (Wildman–Crippen LogP) is -5.02. The second-order valence-electron chi connectivity index (χ2n) is 7.78. The minimum absolute atomic E-state index is 0.159. The number of carboxylic acid groups (broad SMARTS) is 2. The first-order valence-corrected chi connectivity index (χ1v) is 11.8. The number of nitrogens with one attached hydrogen (secondary N) is 2. The average Bonchev–Trinajstić information content (AvgIpc) is 2.83. The fraction of sp³-hybridized carbons (Fsp3) is 0.737. The summed E-state index contributed by atoms with van der Waals surface area (Å²) >= 11 is 0.893. The Kier molecular flexibility index (Phi) is 13.8. The number of ketones is 1. The van der Waals surface area contributed by atoms with Gasteiger partial charge in [0.25, 0.3) is 0 Å². The van der Waals surface area contributed by atoms with E-state index in [2.05, 4.69) is 10.6 Å². The van der Waals surface area contributed by atoms with Crippen LogP contribution in [0.25, 0.3) is 0 Å². The Labute approximate surface area is 209 Å². The predicted molar refractivity (Wildman–Crippen MR) is 119 cm³/mol. The number of aliphatic hydroxyl groups is 4. The van der Waals surface area contributed by atoms with Gasteiger partial charge in [0.1, 0.15) is 49.7 Å². The molecule has 206 valence electrons. The number of ether oxygens (including phenoxy) is 2. The molecule has 1 saturated heterocycles. The quantitative estimate of drug-likeness (QED) is 0.0884. The molecule has 0 spiro atoms. The Morgan fingerprint density at radius 3 is 2.31 bits per heavy atom. The minimum atomic E-state index is -1.69. The minimum Gasteiger partial charge on any atom is -0.480 e. The number of Topliss-reactive ketones (excluding diaryl/α,β-unsaturated/α-hetero) is 1. The smallest absolute Gasteiger partial charge is 0.322 e. The van der Waals surface area contributed by atoms with Crippen molar-refractivity contribution in [3.8, 4) is 0 Å². The van der Waals surface area contributed by atoms with E-state index >= 15 is 0 Å². The first-order chi connectivity index (χ1) is 16.9. The molecule has 7 atom stereocenters. The summed E-state index contributed by atoms with van der Waals surface area (Å²) in [6, 6.07) is -2.53. The van der Waals surface area contributed by atoms with Gasteiger partial charge in [-0.15, -0.1) is 0 Å². The van der Waals surface area contributed by atoms with Crippen LogP contribution >= 0.6 is 11.8 Å². The van der Waals surface area contributed by atoms with E-state index in [4.69, 9.17) is 30.5 Å². The maximum atomic E-state index is 12.3. The molecule has 0 aromatic carbocycles. The standard InChI is InChI=1S/C19H31N3O13S/c20-9(18(32)33)1-2-12(25)22-10(17(31)21-3-13(26)27)7-36-6-8(24)5-34-19-16(30)15(29)14(28)11(4-23)35-19/h9-11,14-16,19,23,28-30H,1-7,20H2,(H,21,31)(H,22,25)(H,26,27)(H,32,33)/t9?,10-,11?,14?,15?,16?,19?/m0/s1. The molecular weight excluding hydrogens is 510 g/mol. The summed E-state index contributed by atoms with van der Waals surface area (Å²) in [5, 5.41) is 60.4. The zero-order valence-electron chi connectivity index (χ0n) is 19.0. The number of hydrogen-bond donors (Lipinski definition) is 9. The van der Waals surface area contributed by atoms with Crippen LogP contribution in [0.3, 0.4) is 0 Å². The van der Waals surface area contributed by atoms with Crippen molar-refractivity contribution < 1.29 is 64.1 Å². The van der Waals surface area contributed by atoms with Gasteiger partial charge in [-0.05, 0) is 6.42 Å². The summed E-state index contributed by atoms with van der Waals surface area (Å²) in [4.78, 5) is 57.9. The molecule has 10 N–H and O–H groups in total. The van der Waals surface area contributed by atoms with Gasteiger partial charge >= 0.3 is 11.9 Å². The molecule has 6 unspecified atom stereocenters. The van der Waals surface area contributed by atoms with Crippen molar-refractivity contribution in [3.05, 3.63) is 0 Å². The molecule has 2 amide bonds. The van der Waals surface area contributed by atoms with Crippen LogP contribution in [0.5, 0.6) is 0 Å². The summed E-state index contributed by atoms with van der Waals surface area (Å²) in [5.41, 5.74) is 5.33. The van der Waals surface area contributed by atoms with E-state index in [1.807, 2.05) is 0 Å². The molecule has 1 aliphatic rings. The average molecular weight is 542 g/mol. The van der Waals surface area contributed by atoms with E-state index in [1.54, 1.807) is 0 Å². The van der Waals surface area contributed by atoms with E-state index in [-0.39, 0.29) is 24.3 Å². The van der Waals surface area contributed by atoms with Crippen LogP contribution in [0.2, 0.25) is 0 Å². The second kappa shape index (κ2) is 15.7. The molecule has 0 aromatic heterocycles. The van der Waals surface area contributed by atoms with Crippen LogP contribution in [0.1, 0.15) is 12.8 Å². The number of rotatable bonds is 16. The normalized spacial score (nSPS) is 25.4. The maximum absolute atomic E-state index is 12.3. The molecule has 36 heavy (non-hydrogen) atoms. The SMILES string of the molecule is NC(CCC(=O)N[C@@H](CSCC(=O)COC1OC(CO)C(O)C(O)C1O)C(=O)NCC(=O)O)C(=O)O. The highest BCUT2D eigenvalue weighted by molar-refractivity contribution is 8.00. The molecule has 1 heterocycles. The highest BCUT2D eigenvalue weighted by atomic mass is 32.2. The van der Waals surface area contributed by atoms with Gasteiger partial charge < -0.3 is 56.5 Å². The zero-order valence-corrected chi connectivity index (χ0v) is 19.8. The molecule has 1 aliphatic heterocycles. The van der Waals surface area contributed by atoms with Crippen molar-refractivity contribution >= 4 is 41.3 Å². The van der Waals surface area contributed by atoms with Gasteiger partial charge in [-0.2, -0.15) is 11.8 Å². The van der Waals surface area contributed by atoms with Gasteiger partial charge in [-0.3, -0.25) is 24.0 Å². The second-order valence-corrected chi connectivity index (χ2v) is 8.81. The molecule has 0 radical (unpaired) electrons. The van der Waals surface area contributed by atoms with Crippen molar-refractivity contribution in [1.82, 2.24) is 10.6 Å². The summed E-state index contributed by atoms with van der Waals surface area (Å²) in [7, 11) is 0. The Balaban J connectivity index is 2.57. The zero-order chi connectivity index (χ0) is 27.4. The van der Waals surface area contributed by atoms with Crippen LogP contribution in [-0.4, -0.2) is 134 Å². The summed E-state index contributed by atoms with van der Waals surface area (Å²) in [5.74, 6) is -5.12. The highest BCUT2D eigenvalue weighted by Gasteiger charge is 2.44. The first-order valence-electron chi connectivity index (χ1n) is 10.7. The molecule has 16 nitrogen and oxygen atoms in total. The molecule has 17 heteroatoms. The number of amides is 2. The fourth-order valence-electron chi connectivity index (χ4n) is 2.86. The molecule has 0 saturated carbocycles. The van der Waals surface area contributed by atoms with Crippen LogP contribution in [0, 0.1) is 0 Å². The van der Waals surface area contributed by atoms with Gasteiger partial charge in [0.2, 0.25) is 11.8 Å². The fourth-order valence-corrected chi connectivity index (χ4v) is 3.76. The number of carboxylic acids is 2. The molecule has 1 rings (SSSR count). The van der Waals surface area contributed by atoms with Crippen LogP contribution in [-0.2, 0) is 33.4 Å². The third-order valence-corrected chi connectivity index (χ3v) is 5.96. The summed E-state index contributed by atoms with van der Waals surface area (Å²) in [6.45, 7) is -1.98. The number of thioether (sulfide) groups is 1. The van der Waals surface area contributed by atoms with Gasteiger partial charge in [-0.25, -0.2) is 0 Å². The third-order valence-electron chi connectivity index (χ3n) is 4.87. The number of aliphatic carboxylic acids is 2. The topological polar surface area (TPSA) is 275 Å². The van der Waals surface area contributed by atoms with Crippen molar-refractivity contribution in [3.63, 3.8) is 0 Å². The van der Waals surface area contributed by atoms with E-state index < -0.39 is 92.1 Å². The third kappa shape index (κ3) is 10.7. The van der Waals surface area contributed by atoms with Crippen LogP contribution in [0.4, 0.5) is 0 Å². The van der Waals surface area contributed by atoms with Crippen molar-refractivity contribution in [2.75, 3.05) is 31.3 Å². The first kappa shape index (κ1) is 31.6. The van der Waals surface area contributed by atoms with Crippen LogP contribution < -0.4 is 16.4 Å². The van der Waals surface area contributed by atoms with Gasteiger partial charge in [0.05, 0.1) is 12.4 Å². The van der Waals surface area contributed by atoms with Crippen molar-refractivity contribution in [2.45, 2.75) is 55.6 Å². The van der Waals surface area contributed by atoms with E-state index in [1.165, 1.54) is 0 Å². The Morgan fingerprint density at radius 1 is 1.06 bits per heavy atom. The number of hydrogen-bond acceptors (Lipinski definition) is 13. The van der Waals surface area contributed by atoms with Gasteiger partial charge in [0.15, 0.2) is 12.1 Å². The Hall–Kier alpha value is -2.38. The number of carbonyl (C=O) groups is 5. The molecular formula is C19H31N3O13S. The lowest BCUT2D eigenvalue weighted by Gasteiger charge is -2.39. The van der Waals surface area contributed by atoms with Crippen LogP contribution in [0.15, 0.2) is 0 Å². The van der Waals surface area contributed by atoms with Crippen molar-refractivity contribution in [1.29, 1.82) is 0 Å². The van der Waals surface area contributed by atoms with Gasteiger partial charge in [0, 0.05) is 12.2 Å². The maximum Gasteiger partial charge on any atom is 0.322 e. The number of carbonyl (C=O) groups excluding carboxylic acids is 3. The molecule has 0 aromatic rings. The molecule has 0 aliphatic carbocycles. The van der Waals surface area contributed by atoms with E-state index in [9.17, 15) is 39.3 Å². The monoisotopic (exact) mass is 541 g/mol. The lowest BCUT2D eigenvalue weighted by Crippen LogP contribution is -2.59. The van der Waals surface area contributed by atoms with Crippen molar-refractivity contribution in [2.24, 2.45) is 5.73 Å².